The van der Waals surface area contributed by atoms with Crippen molar-refractivity contribution < 1.29 is 0 Å². The van der Waals surface area contributed by atoms with Gasteiger partial charge in [-0.25, -0.2) is 0 Å². The van der Waals surface area contributed by atoms with Gasteiger partial charge in [-0.3, -0.25) is 4.98 Å². The van der Waals surface area contributed by atoms with Crippen molar-refractivity contribution in [3.05, 3.63) is 23.5 Å². The number of hydrogen-bond acceptors (Lipinski definition) is 3. The van der Waals surface area contributed by atoms with Crippen molar-refractivity contribution in [1.29, 1.82) is 5.26 Å². The molecule has 1 rings (SSSR count). The first-order chi connectivity index (χ1) is 6.19. The Morgan fingerprint density at radius 3 is 2.85 bits per heavy atom. The van der Waals surface area contributed by atoms with Gasteiger partial charge < -0.3 is 4.90 Å². The van der Waals surface area contributed by atoms with E-state index in [-0.39, 0.29) is 0 Å². The molecule has 1 heterocycles. The zero-order valence-electron chi connectivity index (χ0n) is 8.20. The summed E-state index contributed by atoms with van der Waals surface area (Å²) in [5.41, 5.74) is 2.47. The second-order valence-corrected chi connectivity index (χ2v) is 2.97. The molecule has 0 unspecified atom stereocenters. The fraction of sp³-hybridized carbons (Fsp3) is 0.400. The molecule has 0 bridgehead atoms. The molecule has 0 aliphatic heterocycles. The number of pyridine rings is 1. The van der Waals surface area contributed by atoms with Crippen LogP contribution in [0.1, 0.15) is 18.2 Å². The first-order valence-corrected chi connectivity index (χ1v) is 4.27. The number of aromatic nitrogens is 1. The predicted octanol–water partition coefficient (Wildman–Crippen LogP) is 1.72. The van der Waals surface area contributed by atoms with Gasteiger partial charge in [0.05, 0.1) is 17.4 Å². The molecule has 0 aromatic carbocycles. The number of hydrogen-bond donors (Lipinski definition) is 0. The number of nitrogens with zero attached hydrogens (tertiary/aromatic N) is 3. The van der Waals surface area contributed by atoms with Crippen molar-refractivity contribution in [2.24, 2.45) is 0 Å². The predicted molar refractivity (Wildman–Crippen MR) is 52.6 cm³/mol. The molecule has 0 saturated heterocycles. The van der Waals surface area contributed by atoms with E-state index < -0.39 is 0 Å². The van der Waals surface area contributed by atoms with Gasteiger partial charge in [0.2, 0.25) is 0 Å². The Hall–Kier alpha value is -1.56. The standard InChI is InChI=1S/C10H13N3/c1-4-13(3)10-7-12-8(2)5-9(10)6-11/h5,7H,4H2,1-3H3. The molecule has 68 valence electrons. The van der Waals surface area contributed by atoms with Crippen LogP contribution in [0.3, 0.4) is 0 Å². The fourth-order valence-corrected chi connectivity index (χ4v) is 1.12. The molecule has 0 saturated carbocycles. The van der Waals surface area contributed by atoms with Crippen LogP contribution < -0.4 is 4.90 Å². The Bertz CT molecular complexity index is 339. The van der Waals surface area contributed by atoms with Crippen LogP contribution in [-0.4, -0.2) is 18.6 Å². The lowest BCUT2D eigenvalue weighted by Crippen LogP contribution is -2.17. The molecule has 3 nitrogen and oxygen atoms in total. The minimum Gasteiger partial charge on any atom is -0.373 e. The largest absolute Gasteiger partial charge is 0.373 e. The van der Waals surface area contributed by atoms with Crippen LogP contribution in [0.4, 0.5) is 5.69 Å². The van der Waals surface area contributed by atoms with Crippen molar-refractivity contribution in [1.82, 2.24) is 4.98 Å². The quantitative estimate of drug-likeness (QED) is 0.687. The maximum Gasteiger partial charge on any atom is 0.101 e. The molecule has 0 atom stereocenters. The van der Waals surface area contributed by atoms with E-state index in [9.17, 15) is 0 Å². The first kappa shape index (κ1) is 9.53. The van der Waals surface area contributed by atoms with Crippen molar-refractivity contribution in [2.45, 2.75) is 13.8 Å². The van der Waals surface area contributed by atoms with Crippen molar-refractivity contribution in [3.63, 3.8) is 0 Å². The Labute approximate surface area is 78.6 Å². The van der Waals surface area contributed by atoms with Gasteiger partial charge in [-0.1, -0.05) is 0 Å². The summed E-state index contributed by atoms with van der Waals surface area (Å²) in [6.07, 6.45) is 1.75. The SMILES string of the molecule is CCN(C)c1cnc(C)cc1C#N. The molecule has 1 aromatic rings. The Morgan fingerprint density at radius 2 is 2.31 bits per heavy atom. The van der Waals surface area contributed by atoms with E-state index in [1.165, 1.54) is 0 Å². The number of nitriles is 1. The summed E-state index contributed by atoms with van der Waals surface area (Å²) >= 11 is 0. The van der Waals surface area contributed by atoms with E-state index in [0.29, 0.717) is 5.56 Å². The molecule has 0 N–H and O–H groups in total. The fourth-order valence-electron chi connectivity index (χ4n) is 1.12. The summed E-state index contributed by atoms with van der Waals surface area (Å²) < 4.78 is 0. The molecule has 1 aromatic heterocycles. The highest BCUT2D eigenvalue weighted by Gasteiger charge is 2.05. The van der Waals surface area contributed by atoms with Gasteiger partial charge in [0.1, 0.15) is 6.07 Å². The van der Waals surface area contributed by atoms with Gasteiger partial charge >= 0.3 is 0 Å². The van der Waals surface area contributed by atoms with Gasteiger partial charge in [-0.15, -0.1) is 0 Å². The van der Waals surface area contributed by atoms with Crippen molar-refractivity contribution in [2.75, 3.05) is 18.5 Å². The molecule has 0 aliphatic rings. The van der Waals surface area contributed by atoms with Gasteiger partial charge in [-0.2, -0.15) is 5.26 Å². The topological polar surface area (TPSA) is 39.9 Å². The second kappa shape index (κ2) is 3.90. The third-order valence-corrected chi connectivity index (χ3v) is 2.03. The molecule has 0 amide bonds. The van der Waals surface area contributed by atoms with E-state index >= 15 is 0 Å². The Morgan fingerprint density at radius 1 is 1.62 bits per heavy atom. The van der Waals surface area contributed by atoms with Crippen LogP contribution in [0.5, 0.6) is 0 Å². The van der Waals surface area contributed by atoms with E-state index in [1.54, 1.807) is 6.20 Å². The molecule has 13 heavy (non-hydrogen) atoms. The highest BCUT2D eigenvalue weighted by atomic mass is 15.1. The van der Waals surface area contributed by atoms with Crippen LogP contribution in [0.2, 0.25) is 0 Å². The molecule has 0 aliphatic carbocycles. The first-order valence-electron chi connectivity index (χ1n) is 4.27. The molecule has 0 fully saturated rings. The third-order valence-electron chi connectivity index (χ3n) is 2.03. The number of rotatable bonds is 2. The Kier molecular flexibility index (Phi) is 2.86. The minimum absolute atomic E-state index is 0.692. The minimum atomic E-state index is 0.692. The summed E-state index contributed by atoms with van der Waals surface area (Å²) in [6, 6.07) is 3.98. The molecular weight excluding hydrogens is 162 g/mol. The highest BCUT2D eigenvalue weighted by Crippen LogP contribution is 2.17. The highest BCUT2D eigenvalue weighted by molar-refractivity contribution is 5.57. The second-order valence-electron chi connectivity index (χ2n) is 2.97. The van der Waals surface area contributed by atoms with E-state index in [1.807, 2.05) is 31.9 Å². The molecular formula is C10H13N3. The van der Waals surface area contributed by atoms with E-state index in [0.717, 1.165) is 17.9 Å². The summed E-state index contributed by atoms with van der Waals surface area (Å²) in [5, 5.41) is 8.88. The van der Waals surface area contributed by atoms with Crippen LogP contribution in [-0.2, 0) is 0 Å². The molecule has 0 radical (unpaired) electrons. The normalized spacial score (nSPS) is 9.38. The van der Waals surface area contributed by atoms with Gasteiger partial charge in [0.15, 0.2) is 0 Å². The monoisotopic (exact) mass is 175 g/mol. The smallest absolute Gasteiger partial charge is 0.101 e. The van der Waals surface area contributed by atoms with Crippen LogP contribution in [0, 0.1) is 18.3 Å². The van der Waals surface area contributed by atoms with E-state index in [2.05, 4.69) is 11.1 Å². The number of aryl methyl sites for hydroxylation is 1. The zero-order chi connectivity index (χ0) is 9.84. The molecule has 3 heteroatoms. The van der Waals surface area contributed by atoms with Gasteiger partial charge in [0.25, 0.3) is 0 Å². The van der Waals surface area contributed by atoms with Crippen molar-refractivity contribution >= 4 is 5.69 Å². The lowest BCUT2D eigenvalue weighted by atomic mass is 10.2. The average Bonchev–Trinajstić information content (AvgIpc) is 2.16. The van der Waals surface area contributed by atoms with E-state index in [4.69, 9.17) is 5.26 Å². The maximum absolute atomic E-state index is 8.88. The van der Waals surface area contributed by atoms with Crippen LogP contribution in [0.25, 0.3) is 0 Å². The summed E-state index contributed by atoms with van der Waals surface area (Å²) in [7, 11) is 1.95. The summed E-state index contributed by atoms with van der Waals surface area (Å²) in [6.45, 7) is 4.80. The summed E-state index contributed by atoms with van der Waals surface area (Å²) in [4.78, 5) is 6.17. The van der Waals surface area contributed by atoms with Gasteiger partial charge in [0, 0.05) is 19.3 Å². The van der Waals surface area contributed by atoms with Crippen LogP contribution in [0.15, 0.2) is 12.3 Å². The molecule has 0 spiro atoms. The average molecular weight is 175 g/mol. The summed E-state index contributed by atoms with van der Waals surface area (Å²) in [5.74, 6) is 0. The maximum atomic E-state index is 8.88. The zero-order valence-corrected chi connectivity index (χ0v) is 8.20. The Balaban J connectivity index is 3.15. The third kappa shape index (κ3) is 1.97. The van der Waals surface area contributed by atoms with Crippen LogP contribution >= 0.6 is 0 Å². The lowest BCUT2D eigenvalue weighted by Gasteiger charge is -2.17. The van der Waals surface area contributed by atoms with Gasteiger partial charge in [-0.05, 0) is 19.9 Å². The lowest BCUT2D eigenvalue weighted by molar-refractivity contribution is 0.955. The number of anilines is 1. The van der Waals surface area contributed by atoms with Crippen molar-refractivity contribution in [3.8, 4) is 6.07 Å².